The van der Waals surface area contributed by atoms with Gasteiger partial charge in [0, 0.05) is 5.16 Å². The molecule has 0 aromatic heterocycles. The van der Waals surface area contributed by atoms with Gasteiger partial charge in [-0.1, -0.05) is 31.4 Å². The molecule has 0 saturated carbocycles. The van der Waals surface area contributed by atoms with Crippen LogP contribution in [0.15, 0.2) is 24.3 Å². The number of aromatic hydroxyl groups is 1. The number of benzene rings is 1. The zero-order chi connectivity index (χ0) is 12.4. The molecule has 0 aliphatic heterocycles. The van der Waals surface area contributed by atoms with E-state index in [0.717, 1.165) is 5.46 Å². The Morgan fingerprint density at radius 1 is 1.12 bits per heavy atom. The predicted octanol–water partition coefficient (Wildman–Crippen LogP) is 1.82. The average molecular weight is 238 g/mol. The fourth-order valence-corrected chi connectivity index (χ4v) is 1.13. The van der Waals surface area contributed by atoms with Crippen LogP contribution in [0.2, 0.25) is 0 Å². The van der Waals surface area contributed by atoms with Gasteiger partial charge in [-0.25, -0.2) is 0 Å². The zero-order valence-electron chi connectivity index (χ0n) is 10.4. The van der Waals surface area contributed by atoms with E-state index in [-0.39, 0.29) is 16.5 Å². The molecule has 1 N–H and O–H groups in total. The maximum absolute atomic E-state index is 9.17. The van der Waals surface area contributed by atoms with Gasteiger partial charge in [-0.2, -0.15) is 0 Å². The molecule has 1 rings (SSSR count). The van der Waals surface area contributed by atoms with Gasteiger partial charge < -0.3 is 9.76 Å². The minimum absolute atomic E-state index is 0.0178. The summed E-state index contributed by atoms with van der Waals surface area (Å²) in [5.41, 5.74) is 0.857. The van der Waals surface area contributed by atoms with Gasteiger partial charge >= 0.3 is 7.48 Å². The summed E-state index contributed by atoms with van der Waals surface area (Å²) in [6.07, 6.45) is 0. The summed E-state index contributed by atoms with van der Waals surface area (Å²) in [5, 5.41) is 9.19. The molecule has 2 nitrogen and oxygen atoms in total. The van der Waals surface area contributed by atoms with Crippen LogP contribution in [0.1, 0.15) is 27.7 Å². The molecule has 0 aliphatic rings. The highest BCUT2D eigenvalue weighted by molar-refractivity contribution is 7.19. The number of phenols is 1. The summed E-state index contributed by atoms with van der Waals surface area (Å²) in [7, 11) is 3.38. The lowest BCUT2D eigenvalue weighted by Gasteiger charge is -2.39. The Morgan fingerprint density at radius 2 is 1.62 bits per heavy atom. The maximum Gasteiger partial charge on any atom is 0.309 e. The number of phenolic OH excluding ortho intramolecular Hbond substituents is 1. The fraction of sp³-hybridized carbons (Fsp3) is 0.500. The van der Waals surface area contributed by atoms with Crippen LogP contribution in [0.3, 0.4) is 0 Å². The summed E-state index contributed by atoms with van der Waals surface area (Å²) >= 11 is 0. The van der Waals surface area contributed by atoms with Gasteiger partial charge in [-0.05, 0) is 26.0 Å². The van der Waals surface area contributed by atoms with Crippen LogP contribution >= 0.6 is 9.24 Å². The molecule has 0 saturated heterocycles. The zero-order valence-corrected chi connectivity index (χ0v) is 11.6. The van der Waals surface area contributed by atoms with E-state index in [1.807, 2.05) is 12.1 Å². The number of rotatable bonds is 4. The molecule has 1 aromatic carbocycles. The highest BCUT2D eigenvalue weighted by atomic mass is 31.0. The second-order valence-corrected chi connectivity index (χ2v) is 6.63. The first-order chi connectivity index (χ1) is 7.22. The van der Waals surface area contributed by atoms with Gasteiger partial charge in [0.1, 0.15) is 5.75 Å². The van der Waals surface area contributed by atoms with E-state index in [1.165, 1.54) is 0 Å². The lowest BCUT2D eigenvalue weighted by Crippen LogP contribution is -2.45. The molecule has 0 aliphatic carbocycles. The average Bonchev–Trinajstić information content (AvgIpc) is 2.15. The van der Waals surface area contributed by atoms with Crippen molar-refractivity contribution in [3.05, 3.63) is 24.3 Å². The van der Waals surface area contributed by atoms with E-state index in [1.54, 1.807) is 12.1 Å². The normalized spacial score (nSPS) is 12.6. The molecule has 16 heavy (non-hydrogen) atoms. The van der Waals surface area contributed by atoms with Crippen LogP contribution in [-0.2, 0) is 4.65 Å². The molecule has 1 unspecified atom stereocenters. The lowest BCUT2D eigenvalue weighted by molar-refractivity contribution is 0.0841. The molecule has 0 fully saturated rings. The highest BCUT2D eigenvalue weighted by Gasteiger charge is 2.33. The standard InChI is InChI=1S/C12H20BO2P/c1-11(2,12(3,4)16)15-13-9-5-7-10(14)8-6-9/h5-8,13-14H,16H2,1-4H3. The minimum Gasteiger partial charge on any atom is -0.508 e. The smallest absolute Gasteiger partial charge is 0.309 e. The predicted molar refractivity (Wildman–Crippen MR) is 73.8 cm³/mol. The van der Waals surface area contributed by atoms with Crippen molar-refractivity contribution in [1.82, 2.24) is 0 Å². The van der Waals surface area contributed by atoms with Crippen molar-refractivity contribution in [2.45, 2.75) is 38.5 Å². The quantitative estimate of drug-likeness (QED) is 0.640. The monoisotopic (exact) mass is 238 g/mol. The molecular formula is C12H20BO2P. The van der Waals surface area contributed by atoms with Crippen LogP contribution < -0.4 is 5.46 Å². The summed E-state index contributed by atoms with van der Waals surface area (Å²) in [5.74, 6) is 0.286. The van der Waals surface area contributed by atoms with Crippen LogP contribution in [0.4, 0.5) is 0 Å². The Balaban J connectivity index is 2.61. The second kappa shape index (κ2) is 4.77. The molecule has 0 spiro atoms. The third-order valence-electron chi connectivity index (χ3n) is 3.09. The van der Waals surface area contributed by atoms with E-state index in [0.29, 0.717) is 7.48 Å². The van der Waals surface area contributed by atoms with Gasteiger partial charge in [-0.3, -0.25) is 0 Å². The van der Waals surface area contributed by atoms with Gasteiger partial charge in [0.25, 0.3) is 0 Å². The molecule has 88 valence electrons. The van der Waals surface area contributed by atoms with Crippen molar-refractivity contribution in [3.63, 3.8) is 0 Å². The van der Waals surface area contributed by atoms with Crippen molar-refractivity contribution in [1.29, 1.82) is 0 Å². The van der Waals surface area contributed by atoms with Crippen molar-refractivity contribution in [2.24, 2.45) is 0 Å². The van der Waals surface area contributed by atoms with Crippen molar-refractivity contribution in [3.8, 4) is 5.75 Å². The molecule has 0 radical (unpaired) electrons. The van der Waals surface area contributed by atoms with Crippen LogP contribution in [0.25, 0.3) is 0 Å². The van der Waals surface area contributed by atoms with E-state index in [9.17, 15) is 0 Å². The second-order valence-electron chi connectivity index (χ2n) is 5.19. The van der Waals surface area contributed by atoms with Crippen molar-refractivity contribution in [2.75, 3.05) is 0 Å². The Hall–Kier alpha value is -0.525. The molecule has 1 aromatic rings. The van der Waals surface area contributed by atoms with E-state index in [4.69, 9.17) is 9.76 Å². The van der Waals surface area contributed by atoms with Gasteiger partial charge in [0.05, 0.1) is 5.60 Å². The van der Waals surface area contributed by atoms with Crippen molar-refractivity contribution < 1.29 is 9.76 Å². The Bertz CT molecular complexity index is 341. The van der Waals surface area contributed by atoms with E-state index < -0.39 is 0 Å². The summed E-state index contributed by atoms with van der Waals surface area (Å²) in [6.45, 7) is 8.43. The first-order valence-corrected chi connectivity index (χ1v) is 6.01. The van der Waals surface area contributed by atoms with Gasteiger partial charge in [0.15, 0.2) is 0 Å². The van der Waals surface area contributed by atoms with E-state index in [2.05, 4.69) is 36.9 Å². The fourth-order valence-electron chi connectivity index (χ4n) is 1.04. The first-order valence-electron chi connectivity index (χ1n) is 5.43. The van der Waals surface area contributed by atoms with Gasteiger partial charge in [-0.15, -0.1) is 9.24 Å². The third-order valence-corrected chi connectivity index (χ3v) is 3.78. The SMILES string of the molecule is CC(C)(P)C(C)(C)OBc1ccc(O)cc1. The highest BCUT2D eigenvalue weighted by Crippen LogP contribution is 2.32. The topological polar surface area (TPSA) is 29.5 Å². The minimum atomic E-state index is -0.213. The largest absolute Gasteiger partial charge is 0.508 e. The summed E-state index contributed by atoms with van der Waals surface area (Å²) < 4.78 is 5.92. The number of hydrogen-bond donors (Lipinski definition) is 1. The molecular weight excluding hydrogens is 218 g/mol. The Labute approximate surface area is 101 Å². The van der Waals surface area contributed by atoms with Crippen LogP contribution in [-0.4, -0.2) is 23.3 Å². The Morgan fingerprint density at radius 3 is 2.06 bits per heavy atom. The summed E-state index contributed by atoms with van der Waals surface area (Å²) in [4.78, 5) is 0. The van der Waals surface area contributed by atoms with Crippen LogP contribution in [0, 0.1) is 0 Å². The molecule has 0 amide bonds. The van der Waals surface area contributed by atoms with Crippen LogP contribution in [0.5, 0.6) is 5.75 Å². The lowest BCUT2D eigenvalue weighted by atomic mass is 9.84. The van der Waals surface area contributed by atoms with Gasteiger partial charge in [0.2, 0.25) is 0 Å². The molecule has 4 heteroatoms. The molecule has 1 atom stereocenters. The molecule has 0 bridgehead atoms. The maximum atomic E-state index is 9.17. The number of hydrogen-bond acceptors (Lipinski definition) is 2. The first kappa shape index (κ1) is 13.5. The summed E-state index contributed by atoms with van der Waals surface area (Å²) in [6, 6.07) is 7.11. The Kier molecular flexibility index (Phi) is 4.04. The third kappa shape index (κ3) is 3.50. The van der Waals surface area contributed by atoms with Crippen molar-refractivity contribution >= 4 is 22.2 Å². The van der Waals surface area contributed by atoms with E-state index >= 15 is 0 Å². The molecule has 0 heterocycles.